The van der Waals surface area contributed by atoms with E-state index >= 15 is 0 Å². The first-order valence-electron chi connectivity index (χ1n) is 7.56. The van der Waals surface area contributed by atoms with Crippen LogP contribution in [-0.4, -0.2) is 34.6 Å². The van der Waals surface area contributed by atoms with E-state index in [-0.39, 0.29) is 12.0 Å². The number of hydrogen-bond acceptors (Lipinski definition) is 5. The smallest absolute Gasteiger partial charge is 0.256 e. The topological polar surface area (TPSA) is 62.7 Å². The predicted molar refractivity (Wildman–Crippen MR) is 90.0 cm³/mol. The minimum atomic E-state index is -1.15. The summed E-state index contributed by atoms with van der Waals surface area (Å²) in [6, 6.07) is 8.92. The van der Waals surface area contributed by atoms with Crippen molar-refractivity contribution in [2.75, 3.05) is 13.7 Å². The number of carbonyl (C=O) groups is 1. The van der Waals surface area contributed by atoms with Crippen molar-refractivity contribution in [3.8, 4) is 0 Å². The lowest BCUT2D eigenvalue weighted by molar-refractivity contribution is -0.139. The summed E-state index contributed by atoms with van der Waals surface area (Å²) in [5.74, 6) is -0.344. The number of aromatic nitrogens is 1. The Morgan fingerprint density at radius 2 is 2.09 bits per heavy atom. The van der Waals surface area contributed by atoms with Gasteiger partial charge in [-0.2, -0.15) is 0 Å². The molecule has 0 bridgehead atoms. The second kappa shape index (κ2) is 8.19. The quantitative estimate of drug-likeness (QED) is 0.845. The minimum Gasteiger partial charge on any atom is -0.378 e. The highest BCUT2D eigenvalue weighted by molar-refractivity contribution is 7.09. The van der Waals surface area contributed by atoms with Crippen LogP contribution in [0, 0.1) is 0 Å². The lowest BCUT2D eigenvalue weighted by atomic mass is 10.1. The van der Waals surface area contributed by atoms with E-state index < -0.39 is 6.10 Å². The van der Waals surface area contributed by atoms with Crippen molar-refractivity contribution in [2.24, 2.45) is 0 Å². The Hall–Kier alpha value is -1.76. The van der Waals surface area contributed by atoms with Gasteiger partial charge in [0.05, 0.1) is 12.2 Å². The molecule has 0 spiro atoms. The van der Waals surface area contributed by atoms with Crippen LogP contribution >= 0.6 is 11.3 Å². The second-order valence-electron chi connectivity index (χ2n) is 5.28. The maximum Gasteiger partial charge on any atom is 0.256 e. The fraction of sp³-hybridized carbons (Fsp3) is 0.412. The molecule has 0 saturated heterocycles. The van der Waals surface area contributed by atoms with Crippen molar-refractivity contribution in [3.05, 3.63) is 52.0 Å². The van der Waals surface area contributed by atoms with Crippen LogP contribution in [-0.2, 0) is 16.1 Å². The van der Waals surface area contributed by atoms with E-state index in [1.165, 1.54) is 16.2 Å². The van der Waals surface area contributed by atoms with Gasteiger partial charge in [0.15, 0.2) is 6.10 Å². The van der Waals surface area contributed by atoms with E-state index in [1.54, 1.807) is 31.3 Å². The average molecular weight is 334 g/mol. The van der Waals surface area contributed by atoms with Crippen LogP contribution in [0.25, 0.3) is 0 Å². The molecule has 6 heteroatoms. The number of amides is 1. The molecule has 0 fully saturated rings. The normalized spacial score (nSPS) is 13.6. The second-order valence-corrected chi connectivity index (χ2v) is 6.17. The summed E-state index contributed by atoms with van der Waals surface area (Å²) in [5, 5.41) is 13.0. The van der Waals surface area contributed by atoms with Gasteiger partial charge >= 0.3 is 0 Å². The molecule has 1 heterocycles. The molecule has 1 N–H and O–H groups in total. The van der Waals surface area contributed by atoms with E-state index in [0.717, 1.165) is 10.7 Å². The average Bonchev–Trinajstić information content (AvgIpc) is 3.03. The third kappa shape index (κ3) is 4.60. The molecular formula is C17H22N2O3S. The fourth-order valence-corrected chi connectivity index (χ4v) is 3.02. The first-order valence-corrected chi connectivity index (χ1v) is 8.44. The van der Waals surface area contributed by atoms with Gasteiger partial charge in [-0.1, -0.05) is 30.3 Å². The number of benzene rings is 1. The van der Waals surface area contributed by atoms with Gasteiger partial charge < -0.3 is 14.7 Å². The Morgan fingerprint density at radius 3 is 2.74 bits per heavy atom. The zero-order valence-corrected chi connectivity index (χ0v) is 14.4. The Morgan fingerprint density at radius 1 is 1.39 bits per heavy atom. The van der Waals surface area contributed by atoms with Crippen molar-refractivity contribution < 1.29 is 14.6 Å². The number of hydrogen-bond donors (Lipinski definition) is 1. The summed E-state index contributed by atoms with van der Waals surface area (Å²) < 4.78 is 5.52. The highest BCUT2D eigenvalue weighted by Gasteiger charge is 2.22. The van der Waals surface area contributed by atoms with Crippen molar-refractivity contribution >= 4 is 17.2 Å². The van der Waals surface area contributed by atoms with Gasteiger partial charge in [-0.3, -0.25) is 4.79 Å². The van der Waals surface area contributed by atoms with Crippen LogP contribution in [0.1, 0.15) is 42.3 Å². The van der Waals surface area contributed by atoms with Crippen LogP contribution < -0.4 is 0 Å². The Bertz CT molecular complexity index is 630. The molecule has 1 aromatic heterocycles. The SMILES string of the molecule is CCOC(C)c1nc(CN(C)C(=O)C(O)c2ccccc2)cs1. The zero-order valence-electron chi connectivity index (χ0n) is 13.6. The highest BCUT2D eigenvalue weighted by atomic mass is 32.1. The summed E-state index contributed by atoms with van der Waals surface area (Å²) in [4.78, 5) is 18.3. The van der Waals surface area contributed by atoms with Gasteiger partial charge in [-0.25, -0.2) is 4.98 Å². The molecule has 5 nitrogen and oxygen atoms in total. The number of thiazole rings is 1. The molecule has 0 aliphatic carbocycles. The molecule has 0 aliphatic rings. The molecule has 2 unspecified atom stereocenters. The van der Waals surface area contributed by atoms with Crippen molar-refractivity contribution in [2.45, 2.75) is 32.6 Å². The third-order valence-electron chi connectivity index (χ3n) is 3.46. The van der Waals surface area contributed by atoms with Gasteiger partial charge in [-0.05, 0) is 19.4 Å². The number of carbonyl (C=O) groups excluding carboxylic acids is 1. The summed E-state index contributed by atoms with van der Waals surface area (Å²) >= 11 is 1.52. The molecule has 2 atom stereocenters. The third-order valence-corrected chi connectivity index (χ3v) is 4.51. The van der Waals surface area contributed by atoms with Crippen LogP contribution in [0.4, 0.5) is 0 Å². The maximum atomic E-state index is 12.3. The van der Waals surface area contributed by atoms with Crippen molar-refractivity contribution in [1.82, 2.24) is 9.88 Å². The Labute approximate surface area is 140 Å². The molecule has 2 aromatic rings. The molecule has 1 aromatic carbocycles. The lowest BCUT2D eigenvalue weighted by Crippen LogP contribution is -2.31. The summed E-state index contributed by atoms with van der Waals surface area (Å²) in [5.41, 5.74) is 1.39. The molecule has 2 rings (SSSR count). The van der Waals surface area contributed by atoms with E-state index in [9.17, 15) is 9.90 Å². The van der Waals surface area contributed by atoms with E-state index in [4.69, 9.17) is 4.74 Å². The van der Waals surface area contributed by atoms with E-state index in [1.807, 2.05) is 25.3 Å². The van der Waals surface area contributed by atoms with Gasteiger partial charge in [0, 0.05) is 19.0 Å². The number of aliphatic hydroxyl groups excluding tert-OH is 1. The van der Waals surface area contributed by atoms with E-state index in [0.29, 0.717) is 18.7 Å². The minimum absolute atomic E-state index is 0.0466. The highest BCUT2D eigenvalue weighted by Crippen LogP contribution is 2.22. The van der Waals surface area contributed by atoms with Crippen LogP contribution in [0.2, 0.25) is 0 Å². The van der Waals surface area contributed by atoms with Crippen LogP contribution in [0.3, 0.4) is 0 Å². The number of ether oxygens (including phenoxy) is 1. The van der Waals surface area contributed by atoms with Gasteiger partial charge in [0.1, 0.15) is 11.1 Å². The zero-order chi connectivity index (χ0) is 16.8. The van der Waals surface area contributed by atoms with Gasteiger partial charge in [0.2, 0.25) is 0 Å². The predicted octanol–water partition coefficient (Wildman–Crippen LogP) is 2.93. The molecule has 0 aliphatic heterocycles. The van der Waals surface area contributed by atoms with Crippen molar-refractivity contribution in [1.29, 1.82) is 0 Å². The summed E-state index contributed by atoms with van der Waals surface area (Å²) in [7, 11) is 1.67. The monoisotopic (exact) mass is 334 g/mol. The molecule has 124 valence electrons. The largest absolute Gasteiger partial charge is 0.378 e. The Kier molecular flexibility index (Phi) is 6.27. The number of aliphatic hydroxyl groups is 1. The molecular weight excluding hydrogens is 312 g/mol. The Balaban J connectivity index is 1.98. The van der Waals surface area contributed by atoms with Crippen LogP contribution in [0.15, 0.2) is 35.7 Å². The number of rotatable bonds is 7. The standard InChI is InChI=1S/C17H22N2O3S/c1-4-22-12(2)16-18-14(11-23-16)10-19(3)17(21)15(20)13-8-6-5-7-9-13/h5-9,11-12,15,20H,4,10H2,1-3H3. The van der Waals surface area contributed by atoms with Gasteiger partial charge in [0.25, 0.3) is 5.91 Å². The molecule has 23 heavy (non-hydrogen) atoms. The molecule has 0 radical (unpaired) electrons. The fourth-order valence-electron chi connectivity index (χ4n) is 2.21. The van der Waals surface area contributed by atoms with Crippen LogP contribution in [0.5, 0.6) is 0 Å². The van der Waals surface area contributed by atoms with Crippen molar-refractivity contribution in [3.63, 3.8) is 0 Å². The first kappa shape index (κ1) is 17.6. The number of likely N-dealkylation sites (N-methyl/N-ethyl adjacent to an activating group) is 1. The molecule has 1 amide bonds. The number of nitrogens with zero attached hydrogens (tertiary/aromatic N) is 2. The summed E-state index contributed by atoms with van der Waals surface area (Å²) in [6.45, 7) is 4.90. The lowest BCUT2D eigenvalue weighted by Gasteiger charge is -2.20. The van der Waals surface area contributed by atoms with E-state index in [2.05, 4.69) is 4.98 Å². The summed E-state index contributed by atoms with van der Waals surface area (Å²) in [6.07, 6.45) is -1.20. The maximum absolute atomic E-state index is 12.3. The van der Waals surface area contributed by atoms with Gasteiger partial charge in [-0.15, -0.1) is 11.3 Å². The molecule has 0 saturated carbocycles. The first-order chi connectivity index (χ1) is 11.0.